The molecular formula is C13H16N2O4S. The minimum Gasteiger partial charge on any atom is -0.497 e. The van der Waals surface area contributed by atoms with E-state index in [4.69, 9.17) is 9.47 Å². The fraction of sp³-hybridized carbons (Fsp3) is 0.385. The molecule has 1 N–H and O–H groups in total. The second-order valence-corrected chi connectivity index (χ2v) is 5.20. The van der Waals surface area contributed by atoms with E-state index in [2.05, 4.69) is 5.32 Å². The fourth-order valence-electron chi connectivity index (χ4n) is 1.83. The normalized spacial score (nSPS) is 14.3. The number of amides is 2. The maximum absolute atomic E-state index is 11.9. The third kappa shape index (κ3) is 3.36. The molecule has 6 nitrogen and oxygen atoms in total. The van der Waals surface area contributed by atoms with Crippen molar-refractivity contribution in [1.29, 1.82) is 0 Å². The predicted octanol–water partition coefficient (Wildman–Crippen LogP) is 1.81. The van der Waals surface area contributed by atoms with Gasteiger partial charge in [0.05, 0.1) is 19.9 Å². The summed E-state index contributed by atoms with van der Waals surface area (Å²) in [6.07, 6.45) is 0. The maximum atomic E-state index is 11.9. The van der Waals surface area contributed by atoms with E-state index in [9.17, 15) is 9.59 Å². The van der Waals surface area contributed by atoms with E-state index in [0.29, 0.717) is 23.7 Å². The van der Waals surface area contributed by atoms with E-state index in [-0.39, 0.29) is 17.7 Å². The predicted molar refractivity (Wildman–Crippen MR) is 77.6 cm³/mol. The Labute approximate surface area is 121 Å². The number of carbonyl (C=O) groups excluding carboxylic acids is 2. The number of anilines is 1. The smallest absolute Gasteiger partial charge is 0.282 e. The van der Waals surface area contributed by atoms with Crippen molar-refractivity contribution < 1.29 is 19.1 Å². The van der Waals surface area contributed by atoms with Gasteiger partial charge in [-0.25, -0.2) is 0 Å². The quantitative estimate of drug-likeness (QED) is 0.897. The van der Waals surface area contributed by atoms with Crippen LogP contribution >= 0.6 is 11.8 Å². The van der Waals surface area contributed by atoms with Crippen LogP contribution in [0.15, 0.2) is 18.2 Å². The molecule has 0 aromatic heterocycles. The van der Waals surface area contributed by atoms with E-state index in [1.165, 1.54) is 23.8 Å². The van der Waals surface area contributed by atoms with E-state index in [1.54, 1.807) is 25.3 Å². The van der Waals surface area contributed by atoms with Crippen molar-refractivity contribution in [2.75, 3.05) is 38.4 Å². The zero-order chi connectivity index (χ0) is 14.5. The Balaban J connectivity index is 2.01. The molecule has 0 bridgehead atoms. The molecule has 0 aliphatic carbocycles. The standard InChI is InChI=1S/C13H16N2O4S/c1-18-9-3-4-10(11(7-9)19-2)14-12(16)8-15-5-6-20-13(15)17/h3-4,7H,5-6,8H2,1-2H3,(H,14,16). The number of carbonyl (C=O) groups is 2. The molecule has 1 aliphatic rings. The second kappa shape index (κ2) is 6.51. The third-order valence-electron chi connectivity index (χ3n) is 2.86. The summed E-state index contributed by atoms with van der Waals surface area (Å²) in [5, 5.41) is 2.68. The molecule has 2 rings (SSSR count). The van der Waals surface area contributed by atoms with Gasteiger partial charge in [-0.2, -0.15) is 0 Å². The molecule has 0 saturated carbocycles. The fourth-order valence-corrected chi connectivity index (χ4v) is 2.66. The van der Waals surface area contributed by atoms with Gasteiger partial charge < -0.3 is 19.7 Å². The van der Waals surface area contributed by atoms with Crippen LogP contribution in [0.25, 0.3) is 0 Å². The van der Waals surface area contributed by atoms with Gasteiger partial charge in [-0.1, -0.05) is 11.8 Å². The van der Waals surface area contributed by atoms with Gasteiger partial charge in [-0.05, 0) is 12.1 Å². The molecular weight excluding hydrogens is 280 g/mol. The zero-order valence-corrected chi connectivity index (χ0v) is 12.2. The van der Waals surface area contributed by atoms with Crippen molar-refractivity contribution in [3.05, 3.63) is 18.2 Å². The molecule has 20 heavy (non-hydrogen) atoms. The zero-order valence-electron chi connectivity index (χ0n) is 11.3. The van der Waals surface area contributed by atoms with Crippen molar-refractivity contribution >= 4 is 28.6 Å². The number of ether oxygens (including phenoxy) is 2. The van der Waals surface area contributed by atoms with Gasteiger partial charge in [-0.15, -0.1) is 0 Å². The first-order chi connectivity index (χ1) is 9.63. The average molecular weight is 296 g/mol. The van der Waals surface area contributed by atoms with Crippen LogP contribution in [0.5, 0.6) is 11.5 Å². The van der Waals surface area contributed by atoms with Gasteiger partial charge >= 0.3 is 0 Å². The number of nitrogens with zero attached hydrogens (tertiary/aromatic N) is 1. The first-order valence-electron chi connectivity index (χ1n) is 6.07. The molecule has 7 heteroatoms. The molecule has 1 aliphatic heterocycles. The highest BCUT2D eigenvalue weighted by Crippen LogP contribution is 2.29. The summed E-state index contributed by atoms with van der Waals surface area (Å²) in [6.45, 7) is 0.664. The number of methoxy groups -OCH3 is 2. The van der Waals surface area contributed by atoms with E-state index < -0.39 is 0 Å². The molecule has 1 heterocycles. The number of hydrogen-bond acceptors (Lipinski definition) is 5. The Kier molecular flexibility index (Phi) is 4.73. The Morgan fingerprint density at radius 3 is 2.80 bits per heavy atom. The summed E-state index contributed by atoms with van der Waals surface area (Å²) in [4.78, 5) is 24.9. The van der Waals surface area contributed by atoms with Crippen molar-refractivity contribution in [1.82, 2.24) is 4.90 Å². The van der Waals surface area contributed by atoms with Crippen LogP contribution in [0.4, 0.5) is 10.5 Å². The van der Waals surface area contributed by atoms with Crippen molar-refractivity contribution in [3.8, 4) is 11.5 Å². The molecule has 2 amide bonds. The minimum absolute atomic E-state index is 0.0538. The molecule has 0 radical (unpaired) electrons. The van der Waals surface area contributed by atoms with Crippen LogP contribution in [0.3, 0.4) is 0 Å². The topological polar surface area (TPSA) is 67.9 Å². The highest BCUT2D eigenvalue weighted by Gasteiger charge is 2.23. The van der Waals surface area contributed by atoms with Gasteiger partial charge in [-0.3, -0.25) is 9.59 Å². The van der Waals surface area contributed by atoms with Crippen LogP contribution in [0.1, 0.15) is 0 Å². The number of benzene rings is 1. The monoisotopic (exact) mass is 296 g/mol. The summed E-state index contributed by atoms with van der Waals surface area (Å²) >= 11 is 1.23. The average Bonchev–Trinajstić information content (AvgIpc) is 2.84. The van der Waals surface area contributed by atoms with Gasteiger partial charge in [0.15, 0.2) is 0 Å². The second-order valence-electron chi connectivity index (χ2n) is 4.15. The van der Waals surface area contributed by atoms with Crippen LogP contribution in [0, 0.1) is 0 Å². The highest BCUT2D eigenvalue weighted by atomic mass is 32.2. The van der Waals surface area contributed by atoms with Crippen LogP contribution in [-0.2, 0) is 4.79 Å². The molecule has 1 saturated heterocycles. The van der Waals surface area contributed by atoms with Crippen molar-refractivity contribution in [2.24, 2.45) is 0 Å². The van der Waals surface area contributed by atoms with Crippen LogP contribution in [0.2, 0.25) is 0 Å². The lowest BCUT2D eigenvalue weighted by Gasteiger charge is -2.15. The van der Waals surface area contributed by atoms with Gasteiger partial charge in [0.1, 0.15) is 18.0 Å². The van der Waals surface area contributed by atoms with Crippen LogP contribution < -0.4 is 14.8 Å². The number of thioether (sulfide) groups is 1. The molecule has 1 aromatic rings. The molecule has 0 spiro atoms. The van der Waals surface area contributed by atoms with Crippen LogP contribution in [-0.4, -0.2) is 49.1 Å². The lowest BCUT2D eigenvalue weighted by Crippen LogP contribution is -2.33. The lowest BCUT2D eigenvalue weighted by molar-refractivity contribution is -0.116. The number of rotatable bonds is 5. The summed E-state index contributed by atoms with van der Waals surface area (Å²) in [5.74, 6) is 1.65. The van der Waals surface area contributed by atoms with Gasteiger partial charge in [0, 0.05) is 18.4 Å². The maximum Gasteiger partial charge on any atom is 0.282 e. The molecule has 0 atom stereocenters. The first-order valence-corrected chi connectivity index (χ1v) is 7.06. The Morgan fingerprint density at radius 2 is 2.20 bits per heavy atom. The minimum atomic E-state index is -0.246. The lowest BCUT2D eigenvalue weighted by atomic mass is 10.2. The SMILES string of the molecule is COc1ccc(NC(=O)CN2CCSC2=O)c(OC)c1. The van der Waals surface area contributed by atoms with E-state index >= 15 is 0 Å². The van der Waals surface area contributed by atoms with Crippen molar-refractivity contribution in [2.45, 2.75) is 0 Å². The Morgan fingerprint density at radius 1 is 1.40 bits per heavy atom. The largest absolute Gasteiger partial charge is 0.497 e. The van der Waals surface area contributed by atoms with E-state index in [1.807, 2.05) is 0 Å². The summed E-state index contributed by atoms with van der Waals surface area (Å²) in [5.41, 5.74) is 0.553. The van der Waals surface area contributed by atoms with Gasteiger partial charge in [0.2, 0.25) is 5.91 Å². The summed E-state index contributed by atoms with van der Waals surface area (Å²) < 4.78 is 10.3. The van der Waals surface area contributed by atoms with E-state index in [0.717, 1.165) is 5.75 Å². The summed E-state index contributed by atoms with van der Waals surface area (Å²) in [6, 6.07) is 5.12. The highest BCUT2D eigenvalue weighted by molar-refractivity contribution is 8.13. The molecule has 108 valence electrons. The van der Waals surface area contributed by atoms with Gasteiger partial charge in [0.25, 0.3) is 5.24 Å². The Bertz CT molecular complexity index is 521. The molecule has 0 unspecified atom stereocenters. The third-order valence-corrected chi connectivity index (χ3v) is 3.75. The summed E-state index contributed by atoms with van der Waals surface area (Å²) in [7, 11) is 3.08. The van der Waals surface area contributed by atoms with Crippen molar-refractivity contribution in [3.63, 3.8) is 0 Å². The first kappa shape index (κ1) is 14.5. The molecule has 1 aromatic carbocycles. The number of hydrogen-bond donors (Lipinski definition) is 1. The Hall–Kier alpha value is -1.89. The number of nitrogens with one attached hydrogen (secondary N) is 1. The molecule has 1 fully saturated rings.